The fourth-order valence-corrected chi connectivity index (χ4v) is 3.45. The van der Waals surface area contributed by atoms with Crippen LogP contribution in [0.3, 0.4) is 0 Å². The number of hydrogen-bond donors (Lipinski definition) is 1. The zero-order chi connectivity index (χ0) is 17.7. The highest BCUT2D eigenvalue weighted by Crippen LogP contribution is 2.24. The quantitative estimate of drug-likeness (QED) is 0.766. The highest BCUT2D eigenvalue weighted by atomic mass is 32.1. The van der Waals surface area contributed by atoms with Crippen LogP contribution in [0.2, 0.25) is 0 Å². The SMILES string of the molecule is Cc1nc(C)c([C@H](C)NC(=O)CCCC(=O)c2ccc(F)cc2)s1. The first-order valence-corrected chi connectivity index (χ1v) is 8.70. The monoisotopic (exact) mass is 348 g/mol. The molecule has 1 aromatic heterocycles. The van der Waals surface area contributed by atoms with Gasteiger partial charge in [-0.1, -0.05) is 0 Å². The molecule has 1 amide bonds. The Morgan fingerprint density at radius 2 is 1.88 bits per heavy atom. The van der Waals surface area contributed by atoms with E-state index in [1.807, 2.05) is 20.8 Å². The van der Waals surface area contributed by atoms with Gasteiger partial charge in [0.2, 0.25) is 5.91 Å². The molecular formula is C18H21FN2O2S. The molecule has 128 valence electrons. The molecule has 24 heavy (non-hydrogen) atoms. The van der Waals surface area contributed by atoms with Crippen molar-refractivity contribution in [3.63, 3.8) is 0 Å². The average molecular weight is 348 g/mol. The Kier molecular flexibility index (Phi) is 6.20. The van der Waals surface area contributed by atoms with E-state index in [1.54, 1.807) is 11.3 Å². The molecule has 4 nitrogen and oxygen atoms in total. The highest BCUT2D eigenvalue weighted by molar-refractivity contribution is 7.11. The molecule has 0 saturated carbocycles. The van der Waals surface area contributed by atoms with E-state index in [9.17, 15) is 14.0 Å². The van der Waals surface area contributed by atoms with Crippen LogP contribution in [0, 0.1) is 19.7 Å². The number of carbonyl (C=O) groups excluding carboxylic acids is 2. The van der Waals surface area contributed by atoms with E-state index >= 15 is 0 Å². The van der Waals surface area contributed by atoms with E-state index in [0.29, 0.717) is 12.0 Å². The first-order chi connectivity index (χ1) is 11.4. The van der Waals surface area contributed by atoms with Crippen LogP contribution in [0.1, 0.15) is 58.2 Å². The smallest absolute Gasteiger partial charge is 0.220 e. The lowest BCUT2D eigenvalue weighted by Gasteiger charge is -2.12. The van der Waals surface area contributed by atoms with Crippen LogP contribution in [-0.4, -0.2) is 16.7 Å². The molecule has 0 aliphatic carbocycles. The minimum Gasteiger partial charge on any atom is -0.349 e. The molecule has 1 N–H and O–H groups in total. The molecule has 0 aliphatic heterocycles. The number of benzene rings is 1. The van der Waals surface area contributed by atoms with E-state index in [-0.39, 0.29) is 36.4 Å². The summed E-state index contributed by atoms with van der Waals surface area (Å²) in [7, 11) is 0. The fourth-order valence-electron chi connectivity index (χ4n) is 2.52. The number of nitrogens with zero attached hydrogens (tertiary/aromatic N) is 1. The zero-order valence-corrected chi connectivity index (χ0v) is 14.9. The Balaban J connectivity index is 1.78. The summed E-state index contributed by atoms with van der Waals surface area (Å²) in [5.41, 5.74) is 1.41. The Bertz CT molecular complexity index is 725. The molecule has 0 bridgehead atoms. The Morgan fingerprint density at radius 3 is 2.46 bits per heavy atom. The highest BCUT2D eigenvalue weighted by Gasteiger charge is 2.15. The van der Waals surface area contributed by atoms with Gasteiger partial charge < -0.3 is 5.32 Å². The number of aryl methyl sites for hydroxylation is 2. The molecule has 1 heterocycles. The molecule has 6 heteroatoms. The second-order valence-corrected chi connectivity index (χ2v) is 6.99. The summed E-state index contributed by atoms with van der Waals surface area (Å²) in [6.07, 6.45) is 1.02. The molecule has 1 atom stereocenters. The molecule has 1 aromatic carbocycles. The number of nitrogens with one attached hydrogen (secondary N) is 1. The van der Waals surface area contributed by atoms with Crippen LogP contribution in [0.25, 0.3) is 0 Å². The van der Waals surface area contributed by atoms with Gasteiger partial charge in [0.15, 0.2) is 5.78 Å². The number of rotatable bonds is 7. The lowest BCUT2D eigenvalue weighted by atomic mass is 10.1. The number of thiazole rings is 1. The summed E-state index contributed by atoms with van der Waals surface area (Å²) in [5, 5.41) is 3.92. The van der Waals surface area contributed by atoms with Crippen molar-refractivity contribution in [2.45, 2.75) is 46.1 Å². The van der Waals surface area contributed by atoms with E-state index in [0.717, 1.165) is 15.6 Å². The van der Waals surface area contributed by atoms with Crippen molar-refractivity contribution in [2.75, 3.05) is 0 Å². The third-order valence-electron chi connectivity index (χ3n) is 3.68. The van der Waals surface area contributed by atoms with E-state index in [4.69, 9.17) is 0 Å². The van der Waals surface area contributed by atoms with E-state index < -0.39 is 0 Å². The molecular weight excluding hydrogens is 327 g/mol. The summed E-state index contributed by atoms with van der Waals surface area (Å²) in [4.78, 5) is 29.4. The molecule has 2 rings (SSSR count). The summed E-state index contributed by atoms with van der Waals surface area (Å²) in [6, 6.07) is 5.38. The van der Waals surface area contributed by atoms with Gasteiger partial charge in [-0.2, -0.15) is 0 Å². The standard InChI is InChI=1S/C18H21FN2O2S/c1-11-18(24-13(3)20-11)12(2)21-17(23)6-4-5-16(22)14-7-9-15(19)10-8-14/h7-10,12H,4-6H2,1-3H3,(H,21,23)/t12-/m0/s1. The van der Waals surface area contributed by atoms with Crippen LogP contribution < -0.4 is 5.32 Å². The minimum absolute atomic E-state index is 0.0789. The molecule has 0 fully saturated rings. The molecule has 0 saturated heterocycles. The molecule has 0 spiro atoms. The van der Waals surface area contributed by atoms with Crippen molar-refractivity contribution >= 4 is 23.0 Å². The topological polar surface area (TPSA) is 59.1 Å². The predicted octanol–water partition coefficient (Wildman–Crippen LogP) is 4.13. The van der Waals surface area contributed by atoms with Crippen molar-refractivity contribution in [1.29, 1.82) is 0 Å². The molecule has 0 radical (unpaired) electrons. The second-order valence-electron chi connectivity index (χ2n) is 5.76. The largest absolute Gasteiger partial charge is 0.349 e. The number of carbonyl (C=O) groups is 2. The van der Waals surface area contributed by atoms with Crippen LogP contribution >= 0.6 is 11.3 Å². The minimum atomic E-state index is -0.367. The van der Waals surface area contributed by atoms with E-state index in [1.165, 1.54) is 24.3 Å². The normalized spacial score (nSPS) is 12.0. The summed E-state index contributed by atoms with van der Waals surface area (Å²) in [5.74, 6) is -0.529. The fraction of sp³-hybridized carbons (Fsp3) is 0.389. The average Bonchev–Trinajstić information content (AvgIpc) is 2.86. The maximum atomic E-state index is 12.8. The number of Topliss-reactive ketones (excluding diaryl/α,β-unsaturated/α-hetero) is 1. The third kappa shape index (κ3) is 4.96. The molecule has 2 aromatic rings. The van der Waals surface area contributed by atoms with Crippen LogP contribution in [0.4, 0.5) is 4.39 Å². The Hall–Kier alpha value is -2.08. The van der Waals surface area contributed by atoms with Gasteiger partial charge in [0, 0.05) is 23.3 Å². The molecule has 0 unspecified atom stereocenters. The molecule has 0 aliphatic rings. The number of halogens is 1. The van der Waals surface area contributed by atoms with Crippen molar-refractivity contribution in [3.05, 3.63) is 51.2 Å². The third-order valence-corrected chi connectivity index (χ3v) is 4.94. The van der Waals surface area contributed by atoms with Gasteiger partial charge in [0.05, 0.1) is 16.7 Å². The van der Waals surface area contributed by atoms with Gasteiger partial charge in [-0.05, 0) is 51.5 Å². The first kappa shape index (κ1) is 18.3. The van der Waals surface area contributed by atoms with Gasteiger partial charge in [-0.3, -0.25) is 9.59 Å². The van der Waals surface area contributed by atoms with Crippen molar-refractivity contribution < 1.29 is 14.0 Å². The number of aromatic nitrogens is 1. The van der Waals surface area contributed by atoms with Gasteiger partial charge >= 0.3 is 0 Å². The van der Waals surface area contributed by atoms with Crippen LogP contribution in [-0.2, 0) is 4.79 Å². The second kappa shape index (κ2) is 8.15. The van der Waals surface area contributed by atoms with Gasteiger partial charge in [-0.15, -0.1) is 11.3 Å². The lowest BCUT2D eigenvalue weighted by molar-refractivity contribution is -0.121. The maximum Gasteiger partial charge on any atom is 0.220 e. The summed E-state index contributed by atoms with van der Waals surface area (Å²) < 4.78 is 12.8. The van der Waals surface area contributed by atoms with Gasteiger partial charge in [-0.25, -0.2) is 9.37 Å². The Labute approximate surface area is 145 Å². The van der Waals surface area contributed by atoms with Crippen molar-refractivity contribution in [2.24, 2.45) is 0 Å². The first-order valence-electron chi connectivity index (χ1n) is 7.89. The van der Waals surface area contributed by atoms with Gasteiger partial charge in [0.1, 0.15) is 5.82 Å². The van der Waals surface area contributed by atoms with Crippen molar-refractivity contribution in [1.82, 2.24) is 10.3 Å². The Morgan fingerprint density at radius 1 is 1.21 bits per heavy atom. The van der Waals surface area contributed by atoms with Gasteiger partial charge in [0.25, 0.3) is 0 Å². The number of hydrogen-bond acceptors (Lipinski definition) is 4. The van der Waals surface area contributed by atoms with Crippen molar-refractivity contribution in [3.8, 4) is 0 Å². The summed E-state index contributed by atoms with van der Waals surface area (Å²) in [6.45, 7) is 5.81. The van der Waals surface area contributed by atoms with E-state index in [2.05, 4.69) is 10.3 Å². The van der Waals surface area contributed by atoms with Crippen LogP contribution in [0.5, 0.6) is 0 Å². The number of amides is 1. The zero-order valence-electron chi connectivity index (χ0n) is 14.1. The summed E-state index contributed by atoms with van der Waals surface area (Å²) >= 11 is 1.58. The predicted molar refractivity (Wildman–Crippen MR) is 92.7 cm³/mol. The number of ketones is 1. The maximum absolute atomic E-state index is 12.8. The lowest BCUT2D eigenvalue weighted by Crippen LogP contribution is -2.26. The van der Waals surface area contributed by atoms with Crippen LogP contribution in [0.15, 0.2) is 24.3 Å².